The first-order valence-electron chi connectivity index (χ1n) is 6.43. The van der Waals surface area contributed by atoms with Gasteiger partial charge in [0.25, 0.3) is 0 Å². The zero-order valence-electron chi connectivity index (χ0n) is 11.5. The van der Waals surface area contributed by atoms with E-state index in [4.69, 9.17) is 0 Å². The van der Waals surface area contributed by atoms with Crippen LogP contribution in [-0.4, -0.2) is 31.0 Å². The Bertz CT molecular complexity index is 743. The van der Waals surface area contributed by atoms with Crippen LogP contribution in [0.5, 0.6) is 0 Å². The second-order valence-corrected chi connectivity index (χ2v) is 4.59. The highest BCUT2D eigenvalue weighted by Gasteiger charge is 2.11. The van der Waals surface area contributed by atoms with E-state index in [9.17, 15) is 4.79 Å². The van der Waals surface area contributed by atoms with E-state index in [0.29, 0.717) is 13.0 Å². The number of aromatic nitrogens is 5. The summed E-state index contributed by atoms with van der Waals surface area (Å²) in [5.74, 6) is 0. The summed E-state index contributed by atoms with van der Waals surface area (Å²) in [6.45, 7) is 0.510. The Morgan fingerprint density at radius 1 is 1.19 bits per heavy atom. The largest absolute Gasteiger partial charge is 0.355 e. The molecule has 3 rings (SSSR count). The summed E-state index contributed by atoms with van der Waals surface area (Å²) >= 11 is 0. The summed E-state index contributed by atoms with van der Waals surface area (Å²) in [5.41, 5.74) is 3.73. The van der Waals surface area contributed by atoms with E-state index in [1.165, 1.54) is 0 Å². The first-order valence-corrected chi connectivity index (χ1v) is 6.43. The number of nitrogens with zero attached hydrogens (tertiary/aromatic N) is 5. The van der Waals surface area contributed by atoms with Crippen molar-refractivity contribution in [3.63, 3.8) is 0 Å². The van der Waals surface area contributed by atoms with E-state index in [0.717, 1.165) is 22.6 Å². The summed E-state index contributed by atoms with van der Waals surface area (Å²) < 4.78 is 3.67. The van der Waals surface area contributed by atoms with E-state index in [-0.39, 0.29) is 0 Å². The molecule has 0 spiro atoms. The van der Waals surface area contributed by atoms with Gasteiger partial charge in [-0.3, -0.25) is 4.79 Å². The van der Waals surface area contributed by atoms with Crippen LogP contribution in [0.4, 0.5) is 0 Å². The van der Waals surface area contributed by atoms with E-state index in [1.54, 1.807) is 23.4 Å². The van der Waals surface area contributed by atoms with Crippen molar-refractivity contribution < 1.29 is 4.79 Å². The van der Waals surface area contributed by atoms with Crippen LogP contribution in [0.25, 0.3) is 17.1 Å². The molecule has 1 amide bonds. The zero-order valence-corrected chi connectivity index (χ0v) is 11.5. The number of hydrogen-bond donors (Lipinski definition) is 1. The van der Waals surface area contributed by atoms with Crippen molar-refractivity contribution in [1.29, 1.82) is 0 Å². The standard InChI is InChI=1S/C14H14N6O/c1-19-9-15-7-13(19)14-8-17-18-20(14)12-4-2-11(3-5-12)6-16-10-21/h2-5,7-10H,6H2,1H3,(H,16,21). The van der Waals surface area contributed by atoms with Gasteiger partial charge in [-0.2, -0.15) is 0 Å². The molecule has 3 aromatic rings. The van der Waals surface area contributed by atoms with Crippen LogP contribution in [0.1, 0.15) is 5.56 Å². The number of imidazole rings is 1. The molecule has 7 nitrogen and oxygen atoms in total. The van der Waals surface area contributed by atoms with Crippen molar-refractivity contribution in [1.82, 2.24) is 29.9 Å². The Morgan fingerprint density at radius 3 is 2.67 bits per heavy atom. The Kier molecular flexibility index (Phi) is 3.46. The van der Waals surface area contributed by atoms with Gasteiger partial charge in [-0.25, -0.2) is 9.67 Å². The van der Waals surface area contributed by atoms with Gasteiger partial charge in [-0.15, -0.1) is 5.10 Å². The molecular formula is C14H14N6O. The first-order chi connectivity index (χ1) is 10.3. The van der Waals surface area contributed by atoms with Crippen LogP contribution in [0.15, 0.2) is 43.0 Å². The van der Waals surface area contributed by atoms with Gasteiger partial charge in [0.1, 0.15) is 5.69 Å². The van der Waals surface area contributed by atoms with Gasteiger partial charge in [0.05, 0.1) is 30.1 Å². The number of benzene rings is 1. The van der Waals surface area contributed by atoms with Crippen molar-refractivity contribution in [3.05, 3.63) is 48.5 Å². The molecule has 2 aromatic heterocycles. The molecule has 106 valence electrons. The molecule has 1 aromatic carbocycles. The normalized spacial score (nSPS) is 10.5. The minimum atomic E-state index is 0.510. The van der Waals surface area contributed by atoms with Crippen molar-refractivity contribution >= 4 is 6.41 Å². The van der Waals surface area contributed by atoms with E-state index in [1.807, 2.05) is 35.9 Å². The summed E-state index contributed by atoms with van der Waals surface area (Å²) in [6.07, 6.45) is 5.91. The van der Waals surface area contributed by atoms with Crippen molar-refractivity contribution in [3.8, 4) is 17.1 Å². The Morgan fingerprint density at radius 2 is 2.00 bits per heavy atom. The number of amides is 1. The predicted molar refractivity (Wildman–Crippen MR) is 76.5 cm³/mol. The Balaban J connectivity index is 1.93. The minimum absolute atomic E-state index is 0.510. The highest BCUT2D eigenvalue weighted by molar-refractivity contribution is 5.56. The maximum Gasteiger partial charge on any atom is 0.207 e. The molecule has 0 radical (unpaired) electrons. The Labute approximate surface area is 121 Å². The molecule has 0 aliphatic rings. The maximum atomic E-state index is 10.3. The van der Waals surface area contributed by atoms with E-state index < -0.39 is 0 Å². The molecule has 2 heterocycles. The molecule has 0 atom stereocenters. The molecule has 21 heavy (non-hydrogen) atoms. The van der Waals surface area contributed by atoms with Gasteiger partial charge >= 0.3 is 0 Å². The fraction of sp³-hybridized carbons (Fsp3) is 0.143. The van der Waals surface area contributed by atoms with Crippen LogP contribution in [0.3, 0.4) is 0 Å². The van der Waals surface area contributed by atoms with E-state index >= 15 is 0 Å². The molecule has 1 N–H and O–H groups in total. The lowest BCUT2D eigenvalue weighted by Gasteiger charge is -2.07. The number of carbonyl (C=O) groups is 1. The van der Waals surface area contributed by atoms with Crippen LogP contribution < -0.4 is 5.32 Å². The highest BCUT2D eigenvalue weighted by atomic mass is 16.1. The number of aryl methyl sites for hydroxylation is 1. The second kappa shape index (κ2) is 5.58. The summed E-state index contributed by atoms with van der Waals surface area (Å²) in [5, 5.41) is 10.7. The topological polar surface area (TPSA) is 77.6 Å². The molecule has 0 unspecified atom stereocenters. The third kappa shape index (κ3) is 2.53. The van der Waals surface area contributed by atoms with Gasteiger partial charge in [-0.1, -0.05) is 17.3 Å². The lowest BCUT2D eigenvalue weighted by atomic mass is 10.2. The zero-order chi connectivity index (χ0) is 14.7. The molecule has 0 saturated carbocycles. The van der Waals surface area contributed by atoms with Gasteiger partial charge in [0.2, 0.25) is 6.41 Å². The molecule has 0 aliphatic carbocycles. The van der Waals surface area contributed by atoms with E-state index in [2.05, 4.69) is 20.6 Å². The first kappa shape index (κ1) is 13.0. The molecule has 7 heteroatoms. The summed E-state index contributed by atoms with van der Waals surface area (Å²) in [4.78, 5) is 14.4. The molecular weight excluding hydrogens is 268 g/mol. The number of carbonyl (C=O) groups excluding carboxylic acids is 1. The molecule has 0 bridgehead atoms. The monoisotopic (exact) mass is 282 g/mol. The third-order valence-electron chi connectivity index (χ3n) is 3.20. The van der Waals surface area contributed by atoms with Crippen molar-refractivity contribution in [2.75, 3.05) is 0 Å². The van der Waals surface area contributed by atoms with Crippen LogP contribution in [0.2, 0.25) is 0 Å². The minimum Gasteiger partial charge on any atom is -0.355 e. The highest BCUT2D eigenvalue weighted by Crippen LogP contribution is 2.20. The lowest BCUT2D eigenvalue weighted by molar-refractivity contribution is -0.109. The summed E-state index contributed by atoms with van der Waals surface area (Å²) in [6, 6.07) is 7.77. The van der Waals surface area contributed by atoms with Gasteiger partial charge in [0.15, 0.2) is 0 Å². The SMILES string of the molecule is Cn1cncc1-c1cnnn1-c1ccc(CNC=O)cc1. The molecule has 0 saturated heterocycles. The lowest BCUT2D eigenvalue weighted by Crippen LogP contribution is -2.09. The van der Waals surface area contributed by atoms with Gasteiger partial charge in [-0.05, 0) is 17.7 Å². The Hall–Kier alpha value is -2.96. The van der Waals surface area contributed by atoms with Gasteiger partial charge in [0, 0.05) is 13.6 Å². The number of nitrogens with one attached hydrogen (secondary N) is 1. The third-order valence-corrected chi connectivity index (χ3v) is 3.20. The number of hydrogen-bond acceptors (Lipinski definition) is 4. The van der Waals surface area contributed by atoms with Crippen molar-refractivity contribution in [2.24, 2.45) is 7.05 Å². The average molecular weight is 282 g/mol. The van der Waals surface area contributed by atoms with Crippen molar-refractivity contribution in [2.45, 2.75) is 6.54 Å². The molecule has 0 fully saturated rings. The van der Waals surface area contributed by atoms with Crippen LogP contribution in [-0.2, 0) is 18.4 Å². The average Bonchev–Trinajstić information content (AvgIpc) is 3.14. The maximum absolute atomic E-state index is 10.3. The predicted octanol–water partition coefficient (Wildman–Crippen LogP) is 0.914. The smallest absolute Gasteiger partial charge is 0.207 e. The fourth-order valence-electron chi connectivity index (χ4n) is 2.12. The van der Waals surface area contributed by atoms with Crippen LogP contribution >= 0.6 is 0 Å². The molecule has 0 aliphatic heterocycles. The summed E-state index contributed by atoms with van der Waals surface area (Å²) in [7, 11) is 1.92. The number of rotatable bonds is 5. The van der Waals surface area contributed by atoms with Crippen LogP contribution in [0, 0.1) is 0 Å². The quantitative estimate of drug-likeness (QED) is 0.706. The fourth-order valence-corrected chi connectivity index (χ4v) is 2.12. The van der Waals surface area contributed by atoms with Gasteiger partial charge < -0.3 is 9.88 Å². The second-order valence-electron chi connectivity index (χ2n) is 4.59.